The number of primary amides is 1. The van der Waals surface area contributed by atoms with E-state index in [1.165, 1.54) is 0 Å². The third-order valence-corrected chi connectivity index (χ3v) is 1.66. The quantitative estimate of drug-likeness (QED) is 0.620. The normalized spacial score (nSPS) is 9.40. The first-order chi connectivity index (χ1) is 7.22. The second kappa shape index (κ2) is 5.69. The zero-order chi connectivity index (χ0) is 11.1. The third kappa shape index (κ3) is 4.17. The molecule has 6 nitrogen and oxygen atoms in total. The molecule has 0 saturated carbocycles. The number of ether oxygens (including phenoxy) is 1. The summed E-state index contributed by atoms with van der Waals surface area (Å²) in [6.45, 7) is 0.698. The third-order valence-electron chi connectivity index (χ3n) is 1.66. The Hall–Kier alpha value is -1.98. The molecule has 0 aliphatic heterocycles. The summed E-state index contributed by atoms with van der Waals surface area (Å²) in [4.78, 5) is 14.5. The molecule has 1 aromatic rings. The summed E-state index contributed by atoms with van der Waals surface area (Å²) in [6.07, 6.45) is -0.770. The molecule has 0 saturated heterocycles. The van der Waals surface area contributed by atoms with Crippen molar-refractivity contribution in [1.82, 2.24) is 4.98 Å². The number of anilines is 2. The Morgan fingerprint density at radius 2 is 2.27 bits per heavy atom. The number of nitrogens with zero attached hydrogens (tertiary/aromatic N) is 1. The van der Waals surface area contributed by atoms with E-state index in [4.69, 9.17) is 5.73 Å². The lowest BCUT2D eigenvalue weighted by Crippen LogP contribution is -2.18. The minimum absolute atomic E-state index is 0.223. The predicted octanol–water partition coefficient (Wildman–Crippen LogP) is 0.630. The van der Waals surface area contributed by atoms with E-state index in [1.807, 2.05) is 18.2 Å². The molecule has 1 rings (SSSR count). The summed E-state index contributed by atoms with van der Waals surface area (Å²) in [6, 6.07) is 5.55. The molecule has 0 aliphatic carbocycles. The van der Waals surface area contributed by atoms with Gasteiger partial charge in [-0.25, -0.2) is 9.78 Å². The number of hydrogen-bond acceptors (Lipinski definition) is 5. The molecule has 4 N–H and O–H groups in total. The van der Waals surface area contributed by atoms with Gasteiger partial charge in [0.15, 0.2) is 0 Å². The number of hydrogen-bond donors (Lipinski definition) is 3. The van der Waals surface area contributed by atoms with Crippen molar-refractivity contribution in [2.75, 3.05) is 30.8 Å². The van der Waals surface area contributed by atoms with E-state index in [9.17, 15) is 4.79 Å². The lowest BCUT2D eigenvalue weighted by Gasteiger charge is -2.06. The molecule has 0 aliphatic rings. The lowest BCUT2D eigenvalue weighted by molar-refractivity contribution is 0.161. The van der Waals surface area contributed by atoms with Gasteiger partial charge in [0.05, 0.1) is 6.54 Å². The van der Waals surface area contributed by atoms with Gasteiger partial charge < -0.3 is 21.1 Å². The van der Waals surface area contributed by atoms with Crippen LogP contribution in [0.4, 0.5) is 16.4 Å². The molecule has 0 bridgehead atoms. The van der Waals surface area contributed by atoms with Crippen LogP contribution in [0.1, 0.15) is 0 Å². The van der Waals surface area contributed by atoms with Crippen LogP contribution >= 0.6 is 0 Å². The van der Waals surface area contributed by atoms with Gasteiger partial charge >= 0.3 is 6.09 Å². The van der Waals surface area contributed by atoms with Crippen LogP contribution in [0, 0.1) is 0 Å². The average Bonchev–Trinajstić information content (AvgIpc) is 2.24. The number of nitrogens with two attached hydrogens (primary N) is 1. The van der Waals surface area contributed by atoms with Gasteiger partial charge in [-0.15, -0.1) is 0 Å². The van der Waals surface area contributed by atoms with Gasteiger partial charge in [0, 0.05) is 7.05 Å². The fourth-order valence-corrected chi connectivity index (χ4v) is 1.00. The molecule has 0 radical (unpaired) electrons. The highest BCUT2D eigenvalue weighted by Crippen LogP contribution is 2.07. The number of pyridine rings is 1. The smallest absolute Gasteiger partial charge is 0.404 e. The van der Waals surface area contributed by atoms with E-state index in [0.29, 0.717) is 6.54 Å². The summed E-state index contributed by atoms with van der Waals surface area (Å²) < 4.78 is 4.55. The van der Waals surface area contributed by atoms with Crippen LogP contribution in [0.25, 0.3) is 0 Å². The molecule has 15 heavy (non-hydrogen) atoms. The van der Waals surface area contributed by atoms with Crippen LogP contribution in [0.15, 0.2) is 18.2 Å². The molecular formula is C9H14N4O2. The molecule has 1 aromatic heterocycles. The van der Waals surface area contributed by atoms with Gasteiger partial charge in [-0.1, -0.05) is 6.07 Å². The highest BCUT2D eigenvalue weighted by Gasteiger charge is 1.96. The standard InChI is InChI=1S/C9H14N4O2/c1-11-7-3-2-4-8(13-7)12-5-6-15-9(10)14/h2-4H,5-6H2,1H3,(H2,10,14)(H2,11,12,13). The molecule has 0 aromatic carbocycles. The van der Waals surface area contributed by atoms with Crippen LogP contribution in [-0.2, 0) is 4.74 Å². The first-order valence-electron chi connectivity index (χ1n) is 4.53. The SMILES string of the molecule is CNc1cccc(NCCOC(N)=O)n1. The van der Waals surface area contributed by atoms with Gasteiger partial charge in [-0.3, -0.25) is 0 Å². The molecule has 0 spiro atoms. The van der Waals surface area contributed by atoms with Crippen LogP contribution in [-0.4, -0.2) is 31.3 Å². The van der Waals surface area contributed by atoms with Crippen molar-refractivity contribution in [2.24, 2.45) is 5.73 Å². The zero-order valence-electron chi connectivity index (χ0n) is 8.49. The topological polar surface area (TPSA) is 89.3 Å². The van der Waals surface area contributed by atoms with Gasteiger partial charge in [-0.05, 0) is 12.1 Å². The number of rotatable bonds is 5. The first-order valence-corrected chi connectivity index (χ1v) is 4.53. The highest BCUT2D eigenvalue weighted by molar-refractivity contribution is 5.64. The van der Waals surface area contributed by atoms with Crippen molar-refractivity contribution >= 4 is 17.7 Å². The Kier molecular flexibility index (Phi) is 4.21. The Labute approximate surface area is 87.8 Å². The second-order valence-electron chi connectivity index (χ2n) is 2.75. The Morgan fingerprint density at radius 3 is 2.93 bits per heavy atom. The lowest BCUT2D eigenvalue weighted by atomic mass is 10.4. The Bertz CT molecular complexity index is 330. The fraction of sp³-hybridized carbons (Fsp3) is 0.333. The molecule has 0 fully saturated rings. The monoisotopic (exact) mass is 210 g/mol. The minimum Gasteiger partial charge on any atom is -0.448 e. The zero-order valence-corrected chi connectivity index (χ0v) is 8.49. The van der Waals surface area contributed by atoms with Crippen LogP contribution in [0.5, 0.6) is 0 Å². The van der Waals surface area contributed by atoms with Gasteiger partial charge in [0.25, 0.3) is 0 Å². The average molecular weight is 210 g/mol. The number of nitrogens with one attached hydrogen (secondary N) is 2. The Morgan fingerprint density at radius 1 is 1.53 bits per heavy atom. The molecule has 0 unspecified atom stereocenters. The van der Waals surface area contributed by atoms with E-state index < -0.39 is 6.09 Å². The van der Waals surface area contributed by atoms with Gasteiger partial charge in [-0.2, -0.15) is 0 Å². The van der Waals surface area contributed by atoms with Gasteiger partial charge in [0.1, 0.15) is 18.2 Å². The van der Waals surface area contributed by atoms with Crippen LogP contribution in [0.3, 0.4) is 0 Å². The van der Waals surface area contributed by atoms with Crippen LogP contribution in [0.2, 0.25) is 0 Å². The number of carbonyl (C=O) groups excluding carboxylic acids is 1. The molecule has 82 valence electrons. The summed E-state index contributed by atoms with van der Waals surface area (Å²) >= 11 is 0. The summed E-state index contributed by atoms with van der Waals surface area (Å²) in [5, 5.41) is 5.91. The maximum absolute atomic E-state index is 10.3. The predicted molar refractivity (Wildman–Crippen MR) is 57.8 cm³/mol. The fourth-order valence-electron chi connectivity index (χ4n) is 1.00. The highest BCUT2D eigenvalue weighted by atomic mass is 16.5. The van der Waals surface area contributed by atoms with Crippen LogP contribution < -0.4 is 16.4 Å². The largest absolute Gasteiger partial charge is 0.448 e. The van der Waals surface area contributed by atoms with Crippen molar-refractivity contribution < 1.29 is 9.53 Å². The maximum Gasteiger partial charge on any atom is 0.404 e. The van der Waals surface area contributed by atoms with E-state index in [1.54, 1.807) is 7.05 Å². The molecule has 0 atom stereocenters. The van der Waals surface area contributed by atoms with Crippen molar-refractivity contribution in [3.8, 4) is 0 Å². The number of carbonyl (C=O) groups is 1. The van der Waals surface area contributed by atoms with Crippen molar-refractivity contribution in [3.63, 3.8) is 0 Å². The summed E-state index contributed by atoms with van der Waals surface area (Å²) in [5.74, 6) is 1.49. The number of aromatic nitrogens is 1. The van der Waals surface area contributed by atoms with Gasteiger partial charge in [0.2, 0.25) is 0 Å². The van der Waals surface area contributed by atoms with E-state index in [0.717, 1.165) is 11.6 Å². The minimum atomic E-state index is -0.770. The first kappa shape index (κ1) is 11.1. The van der Waals surface area contributed by atoms with Crippen molar-refractivity contribution in [3.05, 3.63) is 18.2 Å². The molecule has 6 heteroatoms. The maximum atomic E-state index is 10.3. The van der Waals surface area contributed by atoms with E-state index in [2.05, 4.69) is 20.4 Å². The Balaban J connectivity index is 2.33. The summed E-state index contributed by atoms with van der Waals surface area (Å²) in [7, 11) is 1.79. The molecular weight excluding hydrogens is 196 g/mol. The van der Waals surface area contributed by atoms with Crippen molar-refractivity contribution in [2.45, 2.75) is 0 Å². The molecule has 1 amide bonds. The van der Waals surface area contributed by atoms with E-state index in [-0.39, 0.29) is 6.61 Å². The number of amides is 1. The second-order valence-corrected chi connectivity index (χ2v) is 2.75. The summed E-state index contributed by atoms with van der Waals surface area (Å²) in [5.41, 5.74) is 4.80. The van der Waals surface area contributed by atoms with E-state index >= 15 is 0 Å². The molecule has 1 heterocycles. The van der Waals surface area contributed by atoms with Crippen molar-refractivity contribution in [1.29, 1.82) is 0 Å².